The second kappa shape index (κ2) is 12.9. The van der Waals surface area contributed by atoms with Crippen molar-refractivity contribution in [2.45, 2.75) is 18.6 Å². The van der Waals surface area contributed by atoms with E-state index in [1.165, 1.54) is 6.92 Å². The summed E-state index contributed by atoms with van der Waals surface area (Å²) in [4.78, 5) is 21.1. The number of carbonyl (C=O) groups is 2. The molecule has 0 saturated carbocycles. The van der Waals surface area contributed by atoms with Crippen LogP contribution >= 0.6 is 0 Å². The van der Waals surface area contributed by atoms with Crippen LogP contribution in [0, 0.1) is 0 Å². The summed E-state index contributed by atoms with van der Waals surface area (Å²) in [6.07, 6.45) is -1.02. The van der Waals surface area contributed by atoms with Crippen LogP contribution < -0.4 is 88.7 Å². The van der Waals surface area contributed by atoms with E-state index in [1.54, 1.807) is 0 Å². The predicted octanol–water partition coefficient (Wildman–Crippen LogP) is -9.37. The molecule has 0 amide bonds. The third-order valence-corrected chi connectivity index (χ3v) is 2.35. The number of carboxylic acid groups (broad SMARTS) is 1. The number of hydrogen-bond donors (Lipinski definition) is 2. The summed E-state index contributed by atoms with van der Waals surface area (Å²) in [5.74, 6) is -2.78. The van der Waals surface area contributed by atoms with Crippen molar-refractivity contribution in [3.8, 4) is 0 Å². The molecule has 0 heterocycles. The molecular weight excluding hydrogens is 285 g/mol. The minimum atomic E-state index is -4.74. The molecule has 0 aliphatic carbocycles. The Bertz CT molecular complexity index is 341. The Balaban J connectivity index is -0.0000000563. The third-order valence-electron chi connectivity index (χ3n) is 1.27. The van der Waals surface area contributed by atoms with Gasteiger partial charge in [-0.05, 0) is 6.92 Å². The van der Waals surface area contributed by atoms with Crippen LogP contribution in [0.15, 0.2) is 0 Å². The molecule has 0 fully saturated rings. The van der Waals surface area contributed by atoms with Gasteiger partial charge in [-0.25, -0.2) is 0 Å². The summed E-state index contributed by atoms with van der Waals surface area (Å²) < 4.78 is 34.0. The quantitative estimate of drug-likeness (QED) is 0.294. The minimum Gasteiger partial charge on any atom is -1.00 e. The van der Waals surface area contributed by atoms with Gasteiger partial charge in [-0.3, -0.25) is 14.1 Å². The van der Waals surface area contributed by atoms with E-state index < -0.39 is 33.7 Å². The number of hydrogen-bond acceptors (Lipinski definition) is 5. The molecule has 0 spiro atoms. The summed E-state index contributed by atoms with van der Waals surface area (Å²) in [6.45, 7) is 1.34. The van der Waals surface area contributed by atoms with E-state index >= 15 is 0 Å². The van der Waals surface area contributed by atoms with Crippen molar-refractivity contribution in [3.63, 3.8) is 0 Å². The van der Waals surface area contributed by atoms with Gasteiger partial charge in [0.1, 0.15) is 0 Å². The fraction of sp³-hybridized carbons (Fsp3) is 0.667. The molecule has 88 valence electrons. The van der Waals surface area contributed by atoms with Gasteiger partial charge < -0.3 is 14.1 Å². The van der Waals surface area contributed by atoms with E-state index in [4.69, 9.17) is 9.66 Å². The van der Waals surface area contributed by atoms with Crippen LogP contribution in [0.25, 0.3) is 0 Å². The van der Waals surface area contributed by atoms with E-state index in [9.17, 15) is 18.0 Å². The molecule has 0 saturated heterocycles. The number of carbonyl (C=O) groups excluding carboxylic acids is 1. The molecule has 2 N–H and O–H groups in total. The van der Waals surface area contributed by atoms with Crippen LogP contribution in [0.4, 0.5) is 0 Å². The van der Waals surface area contributed by atoms with E-state index in [-0.39, 0.29) is 99.6 Å². The molecule has 0 bridgehead atoms. The molecule has 7 nitrogen and oxygen atoms in total. The van der Waals surface area contributed by atoms with Crippen LogP contribution in [-0.4, -0.2) is 41.9 Å². The summed E-state index contributed by atoms with van der Waals surface area (Å²) in [6, 6.07) is 0. The average molecular weight is 298 g/mol. The van der Waals surface area contributed by atoms with Gasteiger partial charge in [0.25, 0.3) is 10.1 Å². The smallest absolute Gasteiger partial charge is 1.00 e. The van der Waals surface area contributed by atoms with Gasteiger partial charge in [0.05, 0.1) is 13.0 Å². The number of esters is 1. The van der Waals surface area contributed by atoms with Crippen LogP contribution in [0.3, 0.4) is 0 Å². The maximum absolute atomic E-state index is 10.9. The first-order chi connectivity index (χ1) is 6.29. The standard InChI is InChI=1S/C6H10O7S.3Na.3H/c1-2-13-6(9)4(3-5(7)8)14(10,11)12;;;;;;/h4H,2-3H2,1H3,(H,7,8)(H,10,11,12);;;;;;/q;3*+1;3*-1. The molecule has 1 atom stereocenters. The summed E-state index contributed by atoms with van der Waals surface area (Å²) in [5.41, 5.74) is 0. The number of carboxylic acids is 1. The first kappa shape index (κ1) is 27.2. The molecule has 0 rings (SSSR count). The van der Waals surface area contributed by atoms with Gasteiger partial charge in [0.15, 0.2) is 5.25 Å². The van der Waals surface area contributed by atoms with E-state index in [1.807, 2.05) is 0 Å². The number of aliphatic carboxylic acids is 1. The van der Waals surface area contributed by atoms with E-state index in [0.717, 1.165) is 0 Å². The Labute approximate surface area is 170 Å². The van der Waals surface area contributed by atoms with E-state index in [0.29, 0.717) is 0 Å². The van der Waals surface area contributed by atoms with Crippen molar-refractivity contribution in [1.29, 1.82) is 0 Å². The fourth-order valence-corrected chi connectivity index (χ4v) is 1.37. The molecule has 0 aromatic heterocycles. The minimum absolute atomic E-state index is 0. The van der Waals surface area contributed by atoms with Crippen molar-refractivity contribution < 1.29 is 125 Å². The van der Waals surface area contributed by atoms with Crippen molar-refractivity contribution in [2.24, 2.45) is 0 Å². The zero-order valence-corrected chi connectivity index (χ0v) is 17.2. The Kier molecular flexibility index (Phi) is 20.6. The first-order valence-electron chi connectivity index (χ1n) is 3.63. The van der Waals surface area contributed by atoms with Crippen LogP contribution in [0.1, 0.15) is 17.6 Å². The number of ether oxygens (including phenoxy) is 1. The maximum atomic E-state index is 10.9. The fourth-order valence-electron chi connectivity index (χ4n) is 0.704. The molecule has 0 radical (unpaired) electrons. The third kappa shape index (κ3) is 12.6. The Morgan fingerprint density at radius 1 is 1.29 bits per heavy atom. The van der Waals surface area contributed by atoms with Crippen molar-refractivity contribution >= 4 is 22.1 Å². The van der Waals surface area contributed by atoms with E-state index in [2.05, 4.69) is 4.74 Å². The Morgan fingerprint density at radius 3 is 1.94 bits per heavy atom. The zero-order valence-electron chi connectivity index (χ0n) is 13.3. The van der Waals surface area contributed by atoms with Crippen molar-refractivity contribution in [1.82, 2.24) is 0 Å². The van der Waals surface area contributed by atoms with Crippen molar-refractivity contribution in [2.75, 3.05) is 6.61 Å². The second-order valence-electron chi connectivity index (χ2n) is 2.35. The summed E-state index contributed by atoms with van der Waals surface area (Å²) in [5, 5.41) is 6.23. The van der Waals surface area contributed by atoms with Crippen LogP contribution in [0.2, 0.25) is 0 Å². The SMILES string of the molecule is CCOC(=O)C(CC(=O)O)S(=O)(=O)O.[H-].[H-].[H-].[Na+].[Na+].[Na+]. The normalized spacial score (nSPS) is 10.9. The van der Waals surface area contributed by atoms with Gasteiger partial charge in [-0.2, -0.15) is 8.42 Å². The average Bonchev–Trinajstić information content (AvgIpc) is 1.98. The zero-order chi connectivity index (χ0) is 11.4. The van der Waals surface area contributed by atoms with Crippen molar-refractivity contribution in [3.05, 3.63) is 0 Å². The molecule has 17 heavy (non-hydrogen) atoms. The molecule has 1 unspecified atom stereocenters. The van der Waals surface area contributed by atoms with Gasteiger partial charge in [0, 0.05) is 0 Å². The second-order valence-corrected chi connectivity index (χ2v) is 3.95. The molecule has 0 aliphatic heterocycles. The van der Waals surface area contributed by atoms with Gasteiger partial charge in [-0.1, -0.05) is 0 Å². The predicted molar refractivity (Wildman–Crippen MR) is 47.6 cm³/mol. The summed E-state index contributed by atoms with van der Waals surface area (Å²) >= 11 is 0. The molecular formula is C6H13Na3O7S. The number of rotatable bonds is 5. The Morgan fingerprint density at radius 2 is 1.71 bits per heavy atom. The molecule has 11 heteroatoms. The van der Waals surface area contributed by atoms with Gasteiger partial charge >= 0.3 is 101 Å². The van der Waals surface area contributed by atoms with Gasteiger partial charge in [-0.15, -0.1) is 0 Å². The van der Waals surface area contributed by atoms with Crippen LogP contribution in [-0.2, 0) is 24.4 Å². The van der Waals surface area contributed by atoms with Crippen LogP contribution in [0.5, 0.6) is 0 Å². The largest absolute Gasteiger partial charge is 1.00 e. The maximum Gasteiger partial charge on any atom is 1.00 e. The first-order valence-corrected chi connectivity index (χ1v) is 5.14. The Hall–Kier alpha value is 1.85. The van der Waals surface area contributed by atoms with Gasteiger partial charge in [0.2, 0.25) is 0 Å². The molecule has 0 aliphatic rings. The monoisotopic (exact) mass is 298 g/mol. The molecule has 0 aromatic carbocycles. The molecule has 0 aromatic rings. The summed E-state index contributed by atoms with van der Waals surface area (Å²) in [7, 11) is -4.74. The topological polar surface area (TPSA) is 118 Å².